The molecule has 18 heavy (non-hydrogen) atoms. The Balaban J connectivity index is 2.17. The standard InChI is InChI=1S/C14H13NO3/c1-10(14(16)17-2)9-18-13-7-3-6-12-11(13)5-4-8-15-12/h3-8H,1,9H2,2H3. The Morgan fingerprint density at radius 3 is 2.94 bits per heavy atom. The van der Waals surface area contributed by atoms with E-state index in [2.05, 4.69) is 16.3 Å². The predicted molar refractivity (Wildman–Crippen MR) is 68.4 cm³/mol. The SMILES string of the molecule is C=C(COc1cccc2ncccc12)C(=O)OC. The molecule has 2 aromatic rings. The summed E-state index contributed by atoms with van der Waals surface area (Å²) in [6.07, 6.45) is 1.72. The van der Waals surface area contributed by atoms with Crippen molar-refractivity contribution in [1.82, 2.24) is 4.98 Å². The summed E-state index contributed by atoms with van der Waals surface area (Å²) < 4.78 is 10.1. The van der Waals surface area contributed by atoms with Crippen LogP contribution in [-0.2, 0) is 9.53 Å². The molecular weight excluding hydrogens is 230 g/mol. The zero-order chi connectivity index (χ0) is 13.0. The second-order valence-corrected chi connectivity index (χ2v) is 3.71. The lowest BCUT2D eigenvalue weighted by Crippen LogP contribution is -2.11. The molecule has 0 N–H and O–H groups in total. The second-order valence-electron chi connectivity index (χ2n) is 3.71. The Morgan fingerprint density at radius 1 is 1.33 bits per heavy atom. The first kappa shape index (κ1) is 12.1. The minimum absolute atomic E-state index is 0.0979. The summed E-state index contributed by atoms with van der Waals surface area (Å²) in [6.45, 7) is 3.70. The van der Waals surface area contributed by atoms with Gasteiger partial charge in [0, 0.05) is 11.6 Å². The van der Waals surface area contributed by atoms with Crippen LogP contribution in [-0.4, -0.2) is 24.7 Å². The molecule has 0 unspecified atom stereocenters. The van der Waals surface area contributed by atoms with E-state index < -0.39 is 5.97 Å². The lowest BCUT2D eigenvalue weighted by Gasteiger charge is -2.09. The molecule has 4 heteroatoms. The van der Waals surface area contributed by atoms with Gasteiger partial charge in [0.25, 0.3) is 0 Å². The maximum atomic E-state index is 11.2. The molecular formula is C14H13NO3. The topological polar surface area (TPSA) is 48.4 Å². The highest BCUT2D eigenvalue weighted by Crippen LogP contribution is 2.23. The van der Waals surface area contributed by atoms with Crippen LogP contribution in [0.1, 0.15) is 0 Å². The number of hydrogen-bond acceptors (Lipinski definition) is 4. The molecule has 0 radical (unpaired) electrons. The second kappa shape index (κ2) is 5.31. The van der Waals surface area contributed by atoms with E-state index in [1.54, 1.807) is 6.20 Å². The molecule has 0 fully saturated rings. The number of fused-ring (bicyclic) bond motifs is 1. The van der Waals surface area contributed by atoms with Crippen molar-refractivity contribution in [2.24, 2.45) is 0 Å². The van der Waals surface area contributed by atoms with Crippen LogP contribution >= 0.6 is 0 Å². The third-order valence-corrected chi connectivity index (χ3v) is 2.48. The summed E-state index contributed by atoms with van der Waals surface area (Å²) in [5, 5.41) is 0.901. The van der Waals surface area contributed by atoms with E-state index in [9.17, 15) is 4.79 Å². The Kier molecular flexibility index (Phi) is 3.57. The van der Waals surface area contributed by atoms with Crippen molar-refractivity contribution in [1.29, 1.82) is 0 Å². The predicted octanol–water partition coefficient (Wildman–Crippen LogP) is 2.34. The first-order valence-corrected chi connectivity index (χ1v) is 5.45. The zero-order valence-corrected chi connectivity index (χ0v) is 10.1. The van der Waals surface area contributed by atoms with Gasteiger partial charge in [0.05, 0.1) is 18.2 Å². The molecule has 92 valence electrons. The highest BCUT2D eigenvalue weighted by molar-refractivity contribution is 5.88. The average Bonchev–Trinajstić information content (AvgIpc) is 2.43. The van der Waals surface area contributed by atoms with E-state index in [0.29, 0.717) is 5.75 Å². The molecule has 0 atom stereocenters. The molecule has 0 saturated heterocycles. The molecule has 1 heterocycles. The Morgan fingerprint density at radius 2 is 2.17 bits per heavy atom. The van der Waals surface area contributed by atoms with Crippen LogP contribution in [0.4, 0.5) is 0 Å². The fourth-order valence-corrected chi connectivity index (χ4v) is 1.57. The fourth-order valence-electron chi connectivity index (χ4n) is 1.57. The number of carbonyl (C=O) groups excluding carboxylic acids is 1. The van der Waals surface area contributed by atoms with Crippen LogP contribution in [0.3, 0.4) is 0 Å². The molecule has 1 aromatic carbocycles. The first-order valence-electron chi connectivity index (χ1n) is 5.45. The van der Waals surface area contributed by atoms with E-state index in [4.69, 9.17) is 4.74 Å². The number of rotatable bonds is 4. The van der Waals surface area contributed by atoms with Gasteiger partial charge < -0.3 is 9.47 Å². The summed E-state index contributed by atoms with van der Waals surface area (Å²) in [7, 11) is 1.31. The van der Waals surface area contributed by atoms with Gasteiger partial charge in [-0.2, -0.15) is 0 Å². The summed E-state index contributed by atoms with van der Waals surface area (Å²) in [6, 6.07) is 9.33. The normalized spacial score (nSPS) is 10.1. The summed E-state index contributed by atoms with van der Waals surface area (Å²) >= 11 is 0. The van der Waals surface area contributed by atoms with Gasteiger partial charge >= 0.3 is 5.97 Å². The van der Waals surface area contributed by atoms with Gasteiger partial charge in [-0.1, -0.05) is 12.6 Å². The van der Waals surface area contributed by atoms with Crippen molar-refractivity contribution in [3.8, 4) is 5.75 Å². The number of nitrogens with zero attached hydrogens (tertiary/aromatic N) is 1. The molecule has 1 aromatic heterocycles. The third kappa shape index (κ3) is 2.48. The third-order valence-electron chi connectivity index (χ3n) is 2.48. The van der Waals surface area contributed by atoms with Gasteiger partial charge in [-0.25, -0.2) is 4.79 Å². The van der Waals surface area contributed by atoms with Crippen LogP contribution in [0.15, 0.2) is 48.7 Å². The smallest absolute Gasteiger partial charge is 0.336 e. The van der Waals surface area contributed by atoms with E-state index in [-0.39, 0.29) is 12.2 Å². The van der Waals surface area contributed by atoms with E-state index in [1.807, 2.05) is 30.3 Å². The van der Waals surface area contributed by atoms with Crippen molar-refractivity contribution in [3.63, 3.8) is 0 Å². The van der Waals surface area contributed by atoms with Crippen LogP contribution in [0.25, 0.3) is 10.9 Å². The van der Waals surface area contributed by atoms with Crippen LogP contribution < -0.4 is 4.74 Å². The lowest BCUT2D eigenvalue weighted by molar-refractivity contribution is -0.136. The number of pyridine rings is 1. The number of methoxy groups -OCH3 is 1. The highest BCUT2D eigenvalue weighted by atomic mass is 16.5. The number of benzene rings is 1. The van der Waals surface area contributed by atoms with Crippen molar-refractivity contribution in [3.05, 3.63) is 48.7 Å². The Hall–Kier alpha value is -2.36. The number of hydrogen-bond donors (Lipinski definition) is 0. The molecule has 0 saturated carbocycles. The molecule has 0 amide bonds. The first-order chi connectivity index (χ1) is 8.72. The number of ether oxygens (including phenoxy) is 2. The Labute approximate surface area is 105 Å². The molecule has 0 aliphatic heterocycles. The number of esters is 1. The maximum absolute atomic E-state index is 11.2. The minimum Gasteiger partial charge on any atom is -0.488 e. The van der Waals surface area contributed by atoms with E-state index >= 15 is 0 Å². The van der Waals surface area contributed by atoms with Gasteiger partial charge in [-0.3, -0.25) is 4.98 Å². The molecule has 4 nitrogen and oxygen atoms in total. The lowest BCUT2D eigenvalue weighted by atomic mass is 10.2. The van der Waals surface area contributed by atoms with Crippen LogP contribution in [0, 0.1) is 0 Å². The monoisotopic (exact) mass is 243 g/mol. The highest BCUT2D eigenvalue weighted by Gasteiger charge is 2.08. The quantitative estimate of drug-likeness (QED) is 0.611. The number of carbonyl (C=O) groups is 1. The van der Waals surface area contributed by atoms with Crippen molar-refractivity contribution in [2.45, 2.75) is 0 Å². The zero-order valence-electron chi connectivity index (χ0n) is 10.1. The fraction of sp³-hybridized carbons (Fsp3) is 0.143. The van der Waals surface area contributed by atoms with Gasteiger partial charge in [-0.15, -0.1) is 0 Å². The van der Waals surface area contributed by atoms with Crippen molar-refractivity contribution < 1.29 is 14.3 Å². The van der Waals surface area contributed by atoms with E-state index in [0.717, 1.165) is 10.9 Å². The van der Waals surface area contributed by atoms with E-state index in [1.165, 1.54) is 7.11 Å². The maximum Gasteiger partial charge on any atom is 0.336 e. The number of aromatic nitrogens is 1. The van der Waals surface area contributed by atoms with Crippen LogP contribution in [0.2, 0.25) is 0 Å². The van der Waals surface area contributed by atoms with Crippen LogP contribution in [0.5, 0.6) is 5.75 Å². The molecule has 0 bridgehead atoms. The Bertz CT molecular complexity index is 587. The van der Waals surface area contributed by atoms with Gasteiger partial charge in [0.1, 0.15) is 12.4 Å². The summed E-state index contributed by atoms with van der Waals surface area (Å²) in [5.74, 6) is 0.207. The van der Waals surface area contributed by atoms with Gasteiger partial charge in [0.2, 0.25) is 0 Å². The molecule has 0 aliphatic rings. The minimum atomic E-state index is -0.464. The molecule has 0 spiro atoms. The van der Waals surface area contributed by atoms with Gasteiger partial charge in [0.15, 0.2) is 0 Å². The largest absolute Gasteiger partial charge is 0.488 e. The van der Waals surface area contributed by atoms with Gasteiger partial charge in [-0.05, 0) is 24.3 Å². The van der Waals surface area contributed by atoms with Crippen molar-refractivity contribution in [2.75, 3.05) is 13.7 Å². The summed E-state index contributed by atoms with van der Waals surface area (Å²) in [5.41, 5.74) is 1.12. The van der Waals surface area contributed by atoms with Crippen molar-refractivity contribution >= 4 is 16.9 Å². The summed E-state index contributed by atoms with van der Waals surface area (Å²) in [4.78, 5) is 15.4. The molecule has 0 aliphatic carbocycles. The average molecular weight is 243 g/mol. The molecule has 2 rings (SSSR count).